The minimum atomic E-state index is -0.239. The van der Waals surface area contributed by atoms with Gasteiger partial charge in [0, 0.05) is 11.6 Å². The van der Waals surface area contributed by atoms with E-state index < -0.39 is 0 Å². The quantitative estimate of drug-likeness (QED) is 0.722. The third-order valence-electron chi connectivity index (χ3n) is 3.02. The van der Waals surface area contributed by atoms with Gasteiger partial charge in [-0.2, -0.15) is 5.10 Å². The highest BCUT2D eigenvalue weighted by atomic mass is 32.1. The predicted octanol–water partition coefficient (Wildman–Crippen LogP) is 3.60. The second-order valence-corrected chi connectivity index (χ2v) is 5.46. The van der Waals surface area contributed by atoms with E-state index in [2.05, 4.69) is 5.10 Å². The zero-order valence-electron chi connectivity index (χ0n) is 11.5. The molecule has 3 aromatic rings. The van der Waals surface area contributed by atoms with Crippen molar-refractivity contribution in [3.63, 3.8) is 0 Å². The smallest absolute Gasteiger partial charge is 0.279 e. The molecule has 0 aliphatic rings. The molecule has 6 heteroatoms. The van der Waals surface area contributed by atoms with Crippen LogP contribution < -0.4 is 5.48 Å². The molecule has 0 amide bonds. The Kier molecular flexibility index (Phi) is 4.13. The predicted molar refractivity (Wildman–Crippen MR) is 87.1 cm³/mol. The first-order valence-corrected chi connectivity index (χ1v) is 7.46. The zero-order valence-corrected chi connectivity index (χ0v) is 12.3. The van der Waals surface area contributed by atoms with Crippen LogP contribution >= 0.6 is 11.3 Å². The van der Waals surface area contributed by atoms with Gasteiger partial charge in [-0.05, 0) is 23.8 Å². The van der Waals surface area contributed by atoms with E-state index in [0.717, 1.165) is 5.56 Å². The largest absolute Gasteiger partial charge is 0.290 e. The average Bonchev–Trinajstić information content (AvgIpc) is 3.22. The van der Waals surface area contributed by atoms with Gasteiger partial charge in [-0.1, -0.05) is 36.4 Å². The van der Waals surface area contributed by atoms with Crippen LogP contribution in [0.5, 0.6) is 0 Å². The van der Waals surface area contributed by atoms with Crippen LogP contribution in [0.1, 0.15) is 21.6 Å². The van der Waals surface area contributed by atoms with E-state index in [1.54, 1.807) is 23.7 Å². The highest BCUT2D eigenvalue weighted by molar-refractivity contribution is 7.14. The van der Waals surface area contributed by atoms with Crippen molar-refractivity contribution in [2.24, 2.45) is 0 Å². The summed E-state index contributed by atoms with van der Waals surface area (Å²) in [5.41, 5.74) is 4.27. The number of aromatic nitrogens is 2. The molecule has 0 aliphatic carbocycles. The summed E-state index contributed by atoms with van der Waals surface area (Å²) in [7, 11) is 0. The number of carbonyl (C=O) groups excluding carboxylic acids is 1. The van der Waals surface area contributed by atoms with E-state index in [1.807, 2.05) is 48.0 Å². The Morgan fingerprint density at radius 3 is 2.77 bits per heavy atom. The highest BCUT2D eigenvalue weighted by Gasteiger charge is 2.11. The lowest BCUT2D eigenvalue weighted by atomic mass is 10.2. The van der Waals surface area contributed by atoms with Crippen LogP contribution in [0.2, 0.25) is 0 Å². The molecule has 2 N–H and O–H groups in total. The Hall–Kier alpha value is -2.70. The molecule has 2 heterocycles. The molecule has 2 aromatic heterocycles. The van der Waals surface area contributed by atoms with Crippen molar-refractivity contribution in [2.45, 2.75) is 0 Å². The van der Waals surface area contributed by atoms with Crippen molar-refractivity contribution in [1.82, 2.24) is 9.78 Å². The molecule has 0 saturated heterocycles. The van der Waals surface area contributed by atoms with Crippen LogP contribution in [0.3, 0.4) is 0 Å². The maximum atomic E-state index is 12.2. The second-order valence-electron chi connectivity index (χ2n) is 4.55. The summed E-state index contributed by atoms with van der Waals surface area (Å²) in [5.74, 6) is -0.239. The maximum absolute atomic E-state index is 12.2. The van der Waals surface area contributed by atoms with Gasteiger partial charge >= 0.3 is 0 Å². The summed E-state index contributed by atoms with van der Waals surface area (Å²) >= 11 is 1.25. The number of thiophene rings is 1. The van der Waals surface area contributed by atoms with Gasteiger partial charge in [0.15, 0.2) is 0 Å². The van der Waals surface area contributed by atoms with Crippen molar-refractivity contribution in [3.05, 3.63) is 70.9 Å². The van der Waals surface area contributed by atoms with Crippen LogP contribution in [-0.2, 0) is 0 Å². The number of rotatable bonds is 4. The number of nitrogens with zero attached hydrogens (tertiary/aromatic N) is 2. The van der Waals surface area contributed by atoms with E-state index >= 15 is 0 Å². The normalized spacial score (nSPS) is 11.0. The molecule has 1 aromatic carbocycles. The highest BCUT2D eigenvalue weighted by Crippen LogP contribution is 2.20. The van der Waals surface area contributed by atoms with Gasteiger partial charge in [0.1, 0.15) is 5.00 Å². The molecule has 0 atom stereocenters. The Labute approximate surface area is 131 Å². The molecule has 110 valence electrons. The lowest BCUT2D eigenvalue weighted by Gasteiger charge is -1.96. The fourth-order valence-corrected chi connectivity index (χ4v) is 2.60. The first-order chi connectivity index (χ1) is 10.8. The Balaban J connectivity index is 1.76. The lowest BCUT2D eigenvalue weighted by Crippen LogP contribution is -2.11. The Bertz CT molecular complexity index is 806. The summed E-state index contributed by atoms with van der Waals surface area (Å²) in [6, 6.07) is 13.2. The van der Waals surface area contributed by atoms with Crippen molar-refractivity contribution >= 4 is 34.4 Å². The fraction of sp³-hybridized carbons (Fsp3) is 0. The van der Waals surface area contributed by atoms with E-state index in [0.29, 0.717) is 16.3 Å². The zero-order chi connectivity index (χ0) is 15.4. The molecular formula is C16H13N3O2S. The van der Waals surface area contributed by atoms with E-state index in [1.165, 1.54) is 16.0 Å². The number of anilines is 1. The monoisotopic (exact) mass is 311 g/mol. The maximum Gasteiger partial charge on any atom is 0.279 e. The summed E-state index contributed by atoms with van der Waals surface area (Å²) in [6.45, 7) is 0. The molecule has 0 saturated carbocycles. The van der Waals surface area contributed by atoms with Gasteiger partial charge in [-0.3, -0.25) is 15.5 Å². The van der Waals surface area contributed by atoms with Crippen LogP contribution in [-0.4, -0.2) is 20.9 Å². The molecular weight excluding hydrogens is 298 g/mol. The minimum Gasteiger partial charge on any atom is -0.290 e. The number of carbonyl (C=O) groups is 1. The summed E-state index contributed by atoms with van der Waals surface area (Å²) < 4.78 is 1.29. The number of nitrogens with one attached hydrogen (secondary N) is 1. The lowest BCUT2D eigenvalue weighted by molar-refractivity contribution is 0.0945. The van der Waals surface area contributed by atoms with Crippen LogP contribution in [0.25, 0.3) is 12.2 Å². The molecule has 5 nitrogen and oxygen atoms in total. The van der Waals surface area contributed by atoms with Gasteiger partial charge < -0.3 is 0 Å². The number of hydrogen-bond donors (Lipinski definition) is 2. The first kappa shape index (κ1) is 14.2. The van der Waals surface area contributed by atoms with Crippen molar-refractivity contribution in [2.75, 3.05) is 5.48 Å². The van der Waals surface area contributed by atoms with Gasteiger partial charge in [-0.25, -0.2) is 4.68 Å². The molecule has 0 fully saturated rings. The first-order valence-electron chi connectivity index (χ1n) is 6.58. The van der Waals surface area contributed by atoms with Crippen molar-refractivity contribution in [3.8, 4) is 0 Å². The molecule has 0 spiro atoms. The van der Waals surface area contributed by atoms with Crippen LogP contribution in [0, 0.1) is 0 Å². The molecule has 3 rings (SSSR count). The molecule has 0 aliphatic heterocycles. The minimum absolute atomic E-state index is 0.239. The Morgan fingerprint density at radius 2 is 2.05 bits per heavy atom. The summed E-state index contributed by atoms with van der Waals surface area (Å²) in [4.78, 5) is 12.2. The SMILES string of the molecule is O=C(c1csc(NO)c1)n1ccc(/C=C/c2ccccc2)n1. The topological polar surface area (TPSA) is 67.2 Å². The molecule has 0 bridgehead atoms. The summed E-state index contributed by atoms with van der Waals surface area (Å²) in [6.07, 6.45) is 5.42. The van der Waals surface area contributed by atoms with Crippen molar-refractivity contribution in [1.29, 1.82) is 0 Å². The Morgan fingerprint density at radius 1 is 1.23 bits per heavy atom. The average molecular weight is 311 g/mol. The van der Waals surface area contributed by atoms with E-state index in [4.69, 9.17) is 5.21 Å². The third kappa shape index (κ3) is 3.13. The van der Waals surface area contributed by atoms with E-state index in [-0.39, 0.29) is 5.91 Å². The second kappa shape index (κ2) is 6.38. The summed E-state index contributed by atoms with van der Waals surface area (Å²) in [5, 5.41) is 15.2. The molecule has 0 unspecified atom stereocenters. The molecule has 0 radical (unpaired) electrons. The van der Waals surface area contributed by atoms with Crippen molar-refractivity contribution < 1.29 is 10.0 Å². The van der Waals surface area contributed by atoms with Crippen LogP contribution in [0.15, 0.2) is 54.0 Å². The van der Waals surface area contributed by atoms with Gasteiger partial charge in [0.2, 0.25) is 0 Å². The van der Waals surface area contributed by atoms with Gasteiger partial charge in [-0.15, -0.1) is 11.3 Å². The van der Waals surface area contributed by atoms with E-state index in [9.17, 15) is 4.79 Å². The number of benzene rings is 1. The molecule has 22 heavy (non-hydrogen) atoms. The number of hydrogen-bond acceptors (Lipinski definition) is 5. The van der Waals surface area contributed by atoms with Gasteiger partial charge in [0.05, 0.1) is 11.3 Å². The van der Waals surface area contributed by atoms with Gasteiger partial charge in [0.25, 0.3) is 5.91 Å². The third-order valence-corrected chi connectivity index (χ3v) is 3.86. The van der Waals surface area contributed by atoms with Crippen LogP contribution in [0.4, 0.5) is 5.00 Å². The fourth-order valence-electron chi connectivity index (χ4n) is 1.93. The standard InChI is InChI=1S/C16H13N3O2S/c20-16(13-10-15(18-21)22-11-13)19-9-8-14(17-19)7-6-12-4-2-1-3-5-12/h1-11,18,21H/b7-6+.